The molecule has 1 N–H and O–H groups in total. The van der Waals surface area contributed by atoms with Gasteiger partial charge in [-0.2, -0.15) is 0 Å². The average molecular weight is 421 g/mol. The van der Waals surface area contributed by atoms with E-state index in [4.69, 9.17) is 0 Å². The van der Waals surface area contributed by atoms with Crippen LogP contribution in [0, 0.1) is 12.8 Å². The van der Waals surface area contributed by atoms with E-state index in [9.17, 15) is 9.59 Å². The Morgan fingerprint density at radius 1 is 0.871 bits per heavy atom. The number of piperidine rings is 1. The van der Waals surface area contributed by atoms with Crippen molar-refractivity contribution in [2.45, 2.75) is 19.8 Å². The predicted molar refractivity (Wildman–Crippen MR) is 125 cm³/mol. The molecular formula is C25H32N4O2. The summed E-state index contributed by atoms with van der Waals surface area (Å²) >= 11 is 0. The van der Waals surface area contributed by atoms with Gasteiger partial charge in [-0.05, 0) is 62.7 Å². The lowest BCUT2D eigenvalue weighted by Gasteiger charge is -2.34. The lowest BCUT2D eigenvalue weighted by molar-refractivity contribution is -0.121. The first-order valence-electron chi connectivity index (χ1n) is 11.2. The normalized spacial score (nSPS) is 18.1. The third kappa shape index (κ3) is 5.07. The van der Waals surface area contributed by atoms with E-state index in [1.54, 1.807) is 0 Å². The fraction of sp³-hybridized carbons (Fsp3) is 0.440. The zero-order valence-electron chi connectivity index (χ0n) is 18.5. The molecule has 4 rings (SSSR count). The first kappa shape index (κ1) is 21.4. The monoisotopic (exact) mass is 420 g/mol. The van der Waals surface area contributed by atoms with Crippen molar-refractivity contribution in [2.75, 3.05) is 56.5 Å². The molecule has 0 atom stereocenters. The van der Waals surface area contributed by atoms with Crippen LogP contribution in [0.25, 0.3) is 0 Å². The lowest BCUT2D eigenvalue weighted by atomic mass is 9.95. The first-order valence-corrected chi connectivity index (χ1v) is 11.2. The highest BCUT2D eigenvalue weighted by Crippen LogP contribution is 2.23. The Morgan fingerprint density at radius 2 is 1.52 bits per heavy atom. The van der Waals surface area contributed by atoms with Gasteiger partial charge in [0.05, 0.1) is 0 Å². The van der Waals surface area contributed by atoms with Crippen molar-refractivity contribution in [3.8, 4) is 0 Å². The molecule has 2 amide bonds. The molecular weight excluding hydrogens is 388 g/mol. The highest BCUT2D eigenvalue weighted by Gasteiger charge is 2.28. The number of likely N-dealkylation sites (N-methyl/N-ethyl adjacent to an activating group) is 1. The second-order valence-electron chi connectivity index (χ2n) is 8.71. The van der Waals surface area contributed by atoms with Gasteiger partial charge in [-0.1, -0.05) is 18.2 Å². The summed E-state index contributed by atoms with van der Waals surface area (Å²) < 4.78 is 0. The number of carbonyl (C=O) groups excluding carboxylic acids is 2. The van der Waals surface area contributed by atoms with Crippen molar-refractivity contribution in [2.24, 2.45) is 5.92 Å². The number of likely N-dealkylation sites (tertiary alicyclic amines) is 1. The molecule has 2 saturated heterocycles. The van der Waals surface area contributed by atoms with Gasteiger partial charge in [0.1, 0.15) is 0 Å². The maximum atomic E-state index is 12.8. The Morgan fingerprint density at radius 3 is 2.16 bits per heavy atom. The molecule has 2 fully saturated rings. The van der Waals surface area contributed by atoms with Crippen LogP contribution in [0.4, 0.5) is 11.4 Å². The van der Waals surface area contributed by atoms with Crippen molar-refractivity contribution in [1.29, 1.82) is 0 Å². The molecule has 0 bridgehead atoms. The number of anilines is 2. The number of carbonyl (C=O) groups is 2. The van der Waals surface area contributed by atoms with Crippen LogP contribution >= 0.6 is 0 Å². The van der Waals surface area contributed by atoms with Gasteiger partial charge in [0, 0.05) is 62.1 Å². The fourth-order valence-corrected chi connectivity index (χ4v) is 4.39. The summed E-state index contributed by atoms with van der Waals surface area (Å²) in [5.74, 6) is 0.0602. The van der Waals surface area contributed by atoms with Crippen LogP contribution in [0.5, 0.6) is 0 Å². The van der Waals surface area contributed by atoms with Crippen LogP contribution in [-0.2, 0) is 4.79 Å². The molecule has 0 aromatic heterocycles. The minimum atomic E-state index is -0.0572. The molecule has 0 aliphatic carbocycles. The quantitative estimate of drug-likeness (QED) is 0.825. The number of benzene rings is 2. The molecule has 6 heteroatoms. The summed E-state index contributed by atoms with van der Waals surface area (Å²) in [5, 5.41) is 3.06. The molecule has 2 aromatic carbocycles. The van der Waals surface area contributed by atoms with Gasteiger partial charge < -0.3 is 20.0 Å². The van der Waals surface area contributed by atoms with Gasteiger partial charge in [0.2, 0.25) is 5.91 Å². The summed E-state index contributed by atoms with van der Waals surface area (Å²) in [4.78, 5) is 32.1. The number of hydrogen-bond acceptors (Lipinski definition) is 4. The summed E-state index contributed by atoms with van der Waals surface area (Å²) in [7, 11) is 2.15. The molecule has 0 saturated carbocycles. The van der Waals surface area contributed by atoms with Gasteiger partial charge in [0.15, 0.2) is 0 Å². The largest absolute Gasteiger partial charge is 0.369 e. The third-order valence-electron chi connectivity index (χ3n) is 6.53. The lowest BCUT2D eigenvalue weighted by Crippen LogP contribution is -2.44. The maximum absolute atomic E-state index is 12.8. The second-order valence-corrected chi connectivity index (χ2v) is 8.71. The smallest absolute Gasteiger partial charge is 0.254 e. The molecule has 6 nitrogen and oxygen atoms in total. The van der Waals surface area contributed by atoms with Gasteiger partial charge in [-0.3, -0.25) is 9.59 Å². The van der Waals surface area contributed by atoms with Crippen molar-refractivity contribution < 1.29 is 9.59 Å². The van der Waals surface area contributed by atoms with Gasteiger partial charge in [-0.15, -0.1) is 0 Å². The zero-order valence-corrected chi connectivity index (χ0v) is 18.5. The van der Waals surface area contributed by atoms with Crippen molar-refractivity contribution in [3.63, 3.8) is 0 Å². The fourth-order valence-electron chi connectivity index (χ4n) is 4.39. The molecule has 0 spiro atoms. The van der Waals surface area contributed by atoms with Crippen LogP contribution in [0.1, 0.15) is 28.8 Å². The molecule has 31 heavy (non-hydrogen) atoms. The molecule has 2 heterocycles. The number of rotatable bonds is 4. The zero-order chi connectivity index (χ0) is 21.8. The molecule has 2 aromatic rings. The van der Waals surface area contributed by atoms with Gasteiger partial charge >= 0.3 is 0 Å². The van der Waals surface area contributed by atoms with E-state index in [-0.39, 0.29) is 17.7 Å². The van der Waals surface area contributed by atoms with E-state index in [1.807, 2.05) is 48.2 Å². The van der Waals surface area contributed by atoms with E-state index >= 15 is 0 Å². The Balaban J connectivity index is 1.28. The Labute approximate surface area is 184 Å². The Hall–Kier alpha value is -2.86. The Kier molecular flexibility index (Phi) is 6.56. The van der Waals surface area contributed by atoms with E-state index in [1.165, 1.54) is 5.69 Å². The van der Waals surface area contributed by atoms with Gasteiger partial charge in [0.25, 0.3) is 5.91 Å². The number of hydrogen-bond donors (Lipinski definition) is 1. The van der Waals surface area contributed by atoms with Crippen LogP contribution in [0.3, 0.4) is 0 Å². The number of amides is 2. The van der Waals surface area contributed by atoms with Crippen molar-refractivity contribution in [3.05, 3.63) is 59.7 Å². The van der Waals surface area contributed by atoms with Crippen LogP contribution in [-0.4, -0.2) is 67.9 Å². The number of aryl methyl sites for hydroxylation is 1. The molecule has 0 unspecified atom stereocenters. The van der Waals surface area contributed by atoms with Crippen LogP contribution in [0.2, 0.25) is 0 Å². The highest BCUT2D eigenvalue weighted by atomic mass is 16.2. The molecule has 2 aliphatic rings. The number of nitrogens with zero attached hydrogens (tertiary/aromatic N) is 3. The molecule has 164 valence electrons. The van der Waals surface area contributed by atoms with Crippen molar-refractivity contribution >= 4 is 23.2 Å². The third-order valence-corrected chi connectivity index (χ3v) is 6.53. The summed E-state index contributed by atoms with van der Waals surface area (Å²) in [6, 6.07) is 15.8. The molecule has 2 aliphatic heterocycles. The number of nitrogens with one attached hydrogen (secondary N) is 1. The van der Waals surface area contributed by atoms with E-state index in [2.05, 4.69) is 34.3 Å². The highest BCUT2D eigenvalue weighted by molar-refractivity contribution is 5.96. The SMILES string of the molecule is Cc1ccccc1C(=O)N1CCC(C(=O)Nc2ccc(N3CCN(C)CC3)cc2)CC1. The van der Waals surface area contributed by atoms with E-state index in [0.717, 1.165) is 43.0 Å². The minimum Gasteiger partial charge on any atom is -0.369 e. The number of piperazine rings is 1. The summed E-state index contributed by atoms with van der Waals surface area (Å²) in [6.07, 6.45) is 1.39. The van der Waals surface area contributed by atoms with Crippen LogP contribution < -0.4 is 10.2 Å². The van der Waals surface area contributed by atoms with Crippen LogP contribution in [0.15, 0.2) is 48.5 Å². The second kappa shape index (κ2) is 9.52. The van der Waals surface area contributed by atoms with Crippen molar-refractivity contribution in [1.82, 2.24) is 9.80 Å². The van der Waals surface area contributed by atoms with E-state index < -0.39 is 0 Å². The maximum Gasteiger partial charge on any atom is 0.254 e. The van der Waals surface area contributed by atoms with E-state index in [0.29, 0.717) is 25.9 Å². The first-order chi connectivity index (χ1) is 15.0. The Bertz CT molecular complexity index is 911. The standard InChI is InChI=1S/C25H32N4O2/c1-19-5-3-4-6-23(19)25(31)29-13-11-20(12-14-29)24(30)26-21-7-9-22(10-8-21)28-17-15-27(2)16-18-28/h3-10,20H,11-18H2,1-2H3,(H,26,30). The minimum absolute atomic E-state index is 0.0512. The topological polar surface area (TPSA) is 55.9 Å². The summed E-state index contributed by atoms with van der Waals surface area (Å²) in [5.41, 5.74) is 3.79. The van der Waals surface area contributed by atoms with Gasteiger partial charge in [-0.25, -0.2) is 0 Å². The summed E-state index contributed by atoms with van der Waals surface area (Å²) in [6.45, 7) is 7.40. The predicted octanol–water partition coefficient (Wildman–Crippen LogP) is 3.24. The molecule has 0 radical (unpaired) electrons. The average Bonchev–Trinajstić information content (AvgIpc) is 2.80.